The van der Waals surface area contributed by atoms with Crippen LogP contribution in [-0.2, 0) is 4.74 Å². The van der Waals surface area contributed by atoms with Crippen molar-refractivity contribution >= 4 is 0 Å². The van der Waals surface area contributed by atoms with E-state index < -0.39 is 0 Å². The molecule has 0 aromatic heterocycles. The van der Waals surface area contributed by atoms with Crippen molar-refractivity contribution in [1.82, 2.24) is 10.2 Å². The lowest BCUT2D eigenvalue weighted by atomic mass is 9.87. The Bertz CT molecular complexity index is 204. The molecule has 0 amide bonds. The van der Waals surface area contributed by atoms with Gasteiger partial charge >= 0.3 is 0 Å². The Labute approximate surface area is 99.5 Å². The summed E-state index contributed by atoms with van der Waals surface area (Å²) in [6.07, 6.45) is 5.57. The van der Waals surface area contributed by atoms with E-state index in [9.17, 15) is 0 Å². The Kier molecular flexibility index (Phi) is 4.22. The van der Waals surface area contributed by atoms with Crippen LogP contribution in [0.1, 0.15) is 39.5 Å². The van der Waals surface area contributed by atoms with Crippen molar-refractivity contribution in [2.24, 2.45) is 0 Å². The largest absolute Gasteiger partial charge is 0.381 e. The van der Waals surface area contributed by atoms with E-state index in [-0.39, 0.29) is 0 Å². The molecule has 94 valence electrons. The SMILES string of the molecule is COC1CC(N2CCC(C)NC(C)CC2)C1. The molecule has 0 aromatic carbocycles. The maximum atomic E-state index is 5.37. The predicted molar refractivity (Wildman–Crippen MR) is 66.7 cm³/mol. The molecule has 2 unspecified atom stereocenters. The van der Waals surface area contributed by atoms with Gasteiger partial charge in [-0.1, -0.05) is 0 Å². The van der Waals surface area contributed by atoms with Crippen LogP contribution in [0.2, 0.25) is 0 Å². The van der Waals surface area contributed by atoms with Crippen molar-refractivity contribution in [2.45, 2.75) is 63.8 Å². The summed E-state index contributed by atoms with van der Waals surface area (Å²) in [6, 6.07) is 2.12. The predicted octanol–water partition coefficient (Wildman–Crippen LogP) is 1.63. The Balaban J connectivity index is 1.80. The molecule has 0 radical (unpaired) electrons. The fourth-order valence-electron chi connectivity index (χ4n) is 2.88. The molecule has 3 heteroatoms. The summed E-state index contributed by atoms with van der Waals surface area (Å²) >= 11 is 0. The van der Waals surface area contributed by atoms with Crippen LogP contribution in [0.5, 0.6) is 0 Å². The van der Waals surface area contributed by atoms with Crippen LogP contribution < -0.4 is 5.32 Å². The summed E-state index contributed by atoms with van der Waals surface area (Å²) in [5, 5.41) is 3.65. The van der Waals surface area contributed by atoms with Gasteiger partial charge in [0.2, 0.25) is 0 Å². The molecule has 2 fully saturated rings. The highest BCUT2D eigenvalue weighted by Gasteiger charge is 2.34. The lowest BCUT2D eigenvalue weighted by Crippen LogP contribution is -2.52. The first-order valence-corrected chi connectivity index (χ1v) is 6.72. The van der Waals surface area contributed by atoms with Crippen LogP contribution in [0.3, 0.4) is 0 Å². The molecule has 1 heterocycles. The fourth-order valence-corrected chi connectivity index (χ4v) is 2.88. The normalized spacial score (nSPS) is 42.2. The summed E-state index contributed by atoms with van der Waals surface area (Å²) < 4.78 is 5.37. The van der Waals surface area contributed by atoms with Gasteiger partial charge < -0.3 is 15.0 Å². The number of hydrogen-bond acceptors (Lipinski definition) is 3. The van der Waals surface area contributed by atoms with Crippen molar-refractivity contribution < 1.29 is 4.74 Å². The van der Waals surface area contributed by atoms with Gasteiger partial charge in [-0.15, -0.1) is 0 Å². The van der Waals surface area contributed by atoms with Gasteiger partial charge in [-0.25, -0.2) is 0 Å². The van der Waals surface area contributed by atoms with Crippen molar-refractivity contribution in [2.75, 3.05) is 20.2 Å². The summed E-state index contributed by atoms with van der Waals surface area (Å²) in [7, 11) is 1.84. The highest BCUT2D eigenvalue weighted by Crippen LogP contribution is 2.28. The second kappa shape index (κ2) is 5.48. The Morgan fingerprint density at radius 1 is 1.06 bits per heavy atom. The highest BCUT2D eigenvalue weighted by atomic mass is 16.5. The third-order valence-electron chi connectivity index (χ3n) is 4.19. The molecule has 2 atom stereocenters. The van der Waals surface area contributed by atoms with E-state index in [4.69, 9.17) is 4.74 Å². The summed E-state index contributed by atoms with van der Waals surface area (Å²) in [5.41, 5.74) is 0. The Morgan fingerprint density at radius 2 is 1.62 bits per heavy atom. The third-order valence-corrected chi connectivity index (χ3v) is 4.19. The molecule has 1 aliphatic carbocycles. The molecule has 1 saturated heterocycles. The summed E-state index contributed by atoms with van der Waals surface area (Å²) in [5.74, 6) is 0. The summed E-state index contributed by atoms with van der Waals surface area (Å²) in [4.78, 5) is 2.68. The number of ether oxygens (including phenoxy) is 1. The first-order valence-electron chi connectivity index (χ1n) is 6.72. The third kappa shape index (κ3) is 2.96. The monoisotopic (exact) mass is 226 g/mol. The second-order valence-electron chi connectivity index (χ2n) is 5.57. The molecular weight excluding hydrogens is 200 g/mol. The minimum atomic E-state index is 0.531. The zero-order chi connectivity index (χ0) is 11.5. The number of rotatable bonds is 2. The highest BCUT2D eigenvalue weighted by molar-refractivity contribution is 4.89. The first kappa shape index (κ1) is 12.3. The van der Waals surface area contributed by atoms with E-state index in [2.05, 4.69) is 24.1 Å². The Hall–Kier alpha value is -0.120. The molecule has 1 saturated carbocycles. The topological polar surface area (TPSA) is 24.5 Å². The standard InChI is InChI=1S/C13H26N2O/c1-10-4-6-15(7-5-11(2)14-10)12-8-13(9-12)16-3/h10-14H,4-9H2,1-3H3. The van der Waals surface area contributed by atoms with E-state index in [1.54, 1.807) is 0 Å². The second-order valence-corrected chi connectivity index (χ2v) is 5.57. The van der Waals surface area contributed by atoms with Crippen LogP contribution in [0.4, 0.5) is 0 Å². The van der Waals surface area contributed by atoms with Gasteiger partial charge in [0.05, 0.1) is 6.10 Å². The fraction of sp³-hybridized carbons (Fsp3) is 1.00. The van der Waals surface area contributed by atoms with Crippen LogP contribution >= 0.6 is 0 Å². The number of nitrogens with zero attached hydrogens (tertiary/aromatic N) is 1. The lowest BCUT2D eigenvalue weighted by molar-refractivity contribution is -0.0304. The van der Waals surface area contributed by atoms with Gasteiger partial charge in [-0.2, -0.15) is 0 Å². The quantitative estimate of drug-likeness (QED) is 0.774. The van der Waals surface area contributed by atoms with E-state index in [0.717, 1.165) is 6.04 Å². The minimum absolute atomic E-state index is 0.531. The van der Waals surface area contributed by atoms with Crippen LogP contribution in [-0.4, -0.2) is 49.3 Å². The van der Waals surface area contributed by atoms with Crippen LogP contribution in [0.15, 0.2) is 0 Å². The average Bonchev–Trinajstić information content (AvgIpc) is 2.17. The zero-order valence-corrected chi connectivity index (χ0v) is 10.9. The molecule has 1 N–H and O–H groups in total. The molecule has 0 bridgehead atoms. The molecule has 3 nitrogen and oxygen atoms in total. The molecule has 16 heavy (non-hydrogen) atoms. The molecule has 0 aromatic rings. The van der Waals surface area contributed by atoms with Gasteiger partial charge in [-0.3, -0.25) is 0 Å². The van der Waals surface area contributed by atoms with Gasteiger partial charge in [0.1, 0.15) is 0 Å². The lowest BCUT2D eigenvalue weighted by Gasteiger charge is -2.44. The Morgan fingerprint density at radius 3 is 2.12 bits per heavy atom. The minimum Gasteiger partial charge on any atom is -0.381 e. The first-order chi connectivity index (χ1) is 7.69. The smallest absolute Gasteiger partial charge is 0.0601 e. The number of hydrogen-bond donors (Lipinski definition) is 1. The maximum Gasteiger partial charge on any atom is 0.0601 e. The average molecular weight is 226 g/mol. The molecule has 1 aliphatic heterocycles. The van der Waals surface area contributed by atoms with E-state index in [1.165, 1.54) is 38.8 Å². The maximum absolute atomic E-state index is 5.37. The van der Waals surface area contributed by atoms with Gasteiger partial charge in [-0.05, 0) is 52.6 Å². The van der Waals surface area contributed by atoms with Gasteiger partial charge in [0.25, 0.3) is 0 Å². The number of methoxy groups -OCH3 is 1. The van der Waals surface area contributed by atoms with Crippen LogP contribution in [0, 0.1) is 0 Å². The number of nitrogens with one attached hydrogen (secondary N) is 1. The van der Waals surface area contributed by atoms with Crippen LogP contribution in [0.25, 0.3) is 0 Å². The van der Waals surface area contributed by atoms with E-state index in [0.29, 0.717) is 18.2 Å². The van der Waals surface area contributed by atoms with E-state index in [1.807, 2.05) is 7.11 Å². The molecule has 2 aliphatic rings. The van der Waals surface area contributed by atoms with Gasteiger partial charge in [0, 0.05) is 25.2 Å². The van der Waals surface area contributed by atoms with E-state index >= 15 is 0 Å². The van der Waals surface area contributed by atoms with Gasteiger partial charge in [0.15, 0.2) is 0 Å². The molecule has 2 rings (SSSR count). The zero-order valence-electron chi connectivity index (χ0n) is 10.9. The van der Waals surface area contributed by atoms with Crippen molar-refractivity contribution in [1.29, 1.82) is 0 Å². The molecule has 0 spiro atoms. The van der Waals surface area contributed by atoms with Crippen molar-refractivity contribution in [3.63, 3.8) is 0 Å². The molecular formula is C13H26N2O. The van der Waals surface area contributed by atoms with Crippen molar-refractivity contribution in [3.8, 4) is 0 Å². The van der Waals surface area contributed by atoms with Crippen molar-refractivity contribution in [3.05, 3.63) is 0 Å². The summed E-state index contributed by atoms with van der Waals surface area (Å²) in [6.45, 7) is 7.11.